The van der Waals surface area contributed by atoms with Crippen molar-refractivity contribution in [2.24, 2.45) is 0 Å². The largest absolute Gasteiger partial charge is 0.342 e. The predicted octanol–water partition coefficient (Wildman–Crippen LogP) is 3.80. The lowest BCUT2D eigenvalue weighted by Crippen LogP contribution is -2.55. The fraction of sp³-hybridized carbons (Fsp3) is 1.00. The van der Waals surface area contributed by atoms with Crippen LogP contribution in [0.15, 0.2) is 0 Å². The van der Waals surface area contributed by atoms with Gasteiger partial charge in [0.2, 0.25) is 8.32 Å². The van der Waals surface area contributed by atoms with Gasteiger partial charge in [-0.05, 0) is 23.0 Å². The van der Waals surface area contributed by atoms with E-state index in [1.807, 2.05) is 0 Å². The van der Waals surface area contributed by atoms with Crippen LogP contribution < -0.4 is 0 Å². The van der Waals surface area contributed by atoms with Crippen LogP contribution in [0.25, 0.3) is 0 Å². The molecule has 0 amide bonds. The van der Waals surface area contributed by atoms with Crippen molar-refractivity contribution in [3.8, 4) is 0 Å². The van der Waals surface area contributed by atoms with Crippen molar-refractivity contribution in [3.63, 3.8) is 0 Å². The molecule has 15 heavy (non-hydrogen) atoms. The Balaban J connectivity index is 2.80. The van der Waals surface area contributed by atoms with E-state index in [0.717, 1.165) is 13.1 Å². The van der Waals surface area contributed by atoms with E-state index in [4.69, 9.17) is 4.53 Å². The number of rotatable bonds is 5. The van der Waals surface area contributed by atoms with Crippen molar-refractivity contribution in [1.82, 2.24) is 5.06 Å². The Kier molecular flexibility index (Phi) is 4.38. The highest BCUT2D eigenvalue weighted by molar-refractivity contribution is 6.77. The molecule has 0 bridgehead atoms. The highest BCUT2D eigenvalue weighted by Crippen LogP contribution is 2.43. The molecule has 0 aromatic rings. The van der Waals surface area contributed by atoms with Crippen molar-refractivity contribution >= 4 is 8.32 Å². The van der Waals surface area contributed by atoms with Crippen LogP contribution in [0.3, 0.4) is 0 Å². The monoisotopic (exact) mass is 229 g/mol. The summed E-state index contributed by atoms with van der Waals surface area (Å²) in [5.41, 5.74) is 2.08. The normalized spacial score (nSPS) is 19.0. The molecule has 0 aromatic carbocycles. The molecule has 0 N–H and O–H groups in total. The minimum absolute atomic E-state index is 0.693. The van der Waals surface area contributed by atoms with Crippen LogP contribution in [0.5, 0.6) is 0 Å². The summed E-state index contributed by atoms with van der Waals surface area (Å²) >= 11 is 0. The van der Waals surface area contributed by atoms with Gasteiger partial charge >= 0.3 is 0 Å². The highest BCUT2D eigenvalue weighted by atomic mass is 28.4. The predicted molar refractivity (Wildman–Crippen MR) is 68.3 cm³/mol. The van der Waals surface area contributed by atoms with Gasteiger partial charge in [-0.25, -0.2) is 5.06 Å². The molecule has 1 rings (SSSR count). The van der Waals surface area contributed by atoms with Gasteiger partial charge in [0.1, 0.15) is 0 Å². The Hall–Kier alpha value is 0.137. The van der Waals surface area contributed by atoms with Gasteiger partial charge in [0.15, 0.2) is 0 Å². The zero-order valence-electron chi connectivity index (χ0n) is 11.2. The molecule has 0 aromatic heterocycles. The van der Waals surface area contributed by atoms with Crippen molar-refractivity contribution in [2.75, 3.05) is 13.1 Å². The second-order valence-electron chi connectivity index (χ2n) is 5.69. The van der Waals surface area contributed by atoms with Gasteiger partial charge in [-0.1, -0.05) is 41.5 Å². The molecule has 0 saturated carbocycles. The zero-order valence-corrected chi connectivity index (χ0v) is 12.2. The quantitative estimate of drug-likeness (QED) is 0.665. The van der Waals surface area contributed by atoms with E-state index >= 15 is 0 Å². The average molecular weight is 229 g/mol. The molecular weight excluding hydrogens is 202 g/mol. The summed E-state index contributed by atoms with van der Waals surface area (Å²) in [7, 11) is -1.63. The second kappa shape index (κ2) is 4.98. The summed E-state index contributed by atoms with van der Waals surface area (Å²) in [6.07, 6.45) is 1.30. The molecular formula is C12H27NOSi. The lowest BCUT2D eigenvalue weighted by Gasteiger charge is -2.47. The van der Waals surface area contributed by atoms with E-state index in [-0.39, 0.29) is 0 Å². The van der Waals surface area contributed by atoms with Crippen molar-refractivity contribution in [3.05, 3.63) is 0 Å². The van der Waals surface area contributed by atoms with Gasteiger partial charge in [0.05, 0.1) is 0 Å². The topological polar surface area (TPSA) is 12.5 Å². The number of hydrogen-bond acceptors (Lipinski definition) is 2. The molecule has 2 nitrogen and oxygen atoms in total. The van der Waals surface area contributed by atoms with E-state index in [1.165, 1.54) is 6.42 Å². The fourth-order valence-electron chi connectivity index (χ4n) is 2.92. The standard InChI is InChI=1S/C12H27NOSi/c1-10(2)15(11(3)4,12(5)6)14-13-8-7-9-13/h10-12H,7-9H2,1-6H3. The number of hydroxylamine groups is 2. The summed E-state index contributed by atoms with van der Waals surface area (Å²) in [4.78, 5) is 0. The molecule has 0 spiro atoms. The average Bonchev–Trinajstić information content (AvgIpc) is 1.99. The SMILES string of the molecule is CC(C)[Si](ON1CCC1)(C(C)C)C(C)C. The molecule has 90 valence electrons. The Morgan fingerprint density at radius 3 is 1.47 bits per heavy atom. The summed E-state index contributed by atoms with van der Waals surface area (Å²) in [6, 6.07) is 0. The third kappa shape index (κ3) is 2.45. The van der Waals surface area contributed by atoms with Crippen LogP contribution in [0, 0.1) is 0 Å². The van der Waals surface area contributed by atoms with Gasteiger partial charge in [-0.2, -0.15) is 0 Å². The third-order valence-corrected chi connectivity index (χ3v) is 9.80. The third-order valence-electron chi connectivity index (χ3n) is 3.81. The summed E-state index contributed by atoms with van der Waals surface area (Å²) < 4.78 is 6.43. The minimum Gasteiger partial charge on any atom is -0.342 e. The van der Waals surface area contributed by atoms with Gasteiger partial charge in [0, 0.05) is 13.1 Å². The Bertz CT molecular complexity index is 178. The maximum absolute atomic E-state index is 6.43. The first-order valence-corrected chi connectivity index (χ1v) is 8.49. The van der Waals surface area contributed by atoms with Gasteiger partial charge in [-0.3, -0.25) is 0 Å². The van der Waals surface area contributed by atoms with Gasteiger partial charge in [-0.15, -0.1) is 0 Å². The summed E-state index contributed by atoms with van der Waals surface area (Å²) in [5.74, 6) is 0. The molecule has 1 aliphatic rings. The molecule has 1 aliphatic heterocycles. The van der Waals surface area contributed by atoms with E-state index in [9.17, 15) is 0 Å². The van der Waals surface area contributed by atoms with Crippen LogP contribution in [0.4, 0.5) is 0 Å². The Morgan fingerprint density at radius 1 is 0.867 bits per heavy atom. The van der Waals surface area contributed by atoms with E-state index in [0.29, 0.717) is 16.6 Å². The molecule has 3 heteroatoms. The number of hydrogen-bond donors (Lipinski definition) is 0. The van der Waals surface area contributed by atoms with E-state index < -0.39 is 8.32 Å². The molecule has 0 unspecified atom stereocenters. The van der Waals surface area contributed by atoms with Crippen molar-refractivity contribution in [1.29, 1.82) is 0 Å². The first-order valence-electron chi connectivity index (χ1n) is 6.35. The van der Waals surface area contributed by atoms with Crippen molar-refractivity contribution in [2.45, 2.75) is 64.6 Å². The number of nitrogens with zero attached hydrogens (tertiary/aromatic N) is 1. The maximum Gasteiger partial charge on any atom is 0.228 e. The molecule has 1 saturated heterocycles. The molecule has 1 heterocycles. The Labute approximate surface area is 96.1 Å². The fourth-order valence-corrected chi connectivity index (χ4v) is 8.18. The highest BCUT2D eigenvalue weighted by Gasteiger charge is 2.47. The Morgan fingerprint density at radius 2 is 1.27 bits per heavy atom. The first kappa shape index (κ1) is 13.2. The molecule has 0 radical (unpaired) electrons. The van der Waals surface area contributed by atoms with Crippen LogP contribution in [0.1, 0.15) is 48.0 Å². The van der Waals surface area contributed by atoms with Crippen LogP contribution in [-0.4, -0.2) is 26.5 Å². The van der Waals surface area contributed by atoms with Crippen molar-refractivity contribution < 1.29 is 4.53 Å². The van der Waals surface area contributed by atoms with Gasteiger partial charge < -0.3 is 4.53 Å². The van der Waals surface area contributed by atoms with Gasteiger partial charge in [0.25, 0.3) is 0 Å². The smallest absolute Gasteiger partial charge is 0.228 e. The molecule has 1 fully saturated rings. The lowest BCUT2D eigenvalue weighted by molar-refractivity contribution is -0.123. The van der Waals surface area contributed by atoms with Crippen LogP contribution in [-0.2, 0) is 4.53 Å². The lowest BCUT2D eigenvalue weighted by atomic mass is 10.3. The molecule has 0 aliphatic carbocycles. The summed E-state index contributed by atoms with van der Waals surface area (Å²) in [6.45, 7) is 16.3. The van der Waals surface area contributed by atoms with E-state index in [2.05, 4.69) is 46.6 Å². The summed E-state index contributed by atoms with van der Waals surface area (Å²) in [5, 5.41) is 2.20. The van der Waals surface area contributed by atoms with Crippen LogP contribution >= 0.6 is 0 Å². The maximum atomic E-state index is 6.43. The first-order chi connectivity index (χ1) is 6.91. The minimum atomic E-state index is -1.63. The molecule has 0 atom stereocenters. The second-order valence-corrected chi connectivity index (χ2v) is 11.0. The van der Waals surface area contributed by atoms with Crippen LogP contribution in [0.2, 0.25) is 16.6 Å². The van der Waals surface area contributed by atoms with E-state index in [1.54, 1.807) is 0 Å². The zero-order chi connectivity index (χ0) is 11.6.